The molecule has 27 heavy (non-hydrogen) atoms. The van der Waals surface area contributed by atoms with Crippen molar-refractivity contribution in [1.29, 1.82) is 5.26 Å². The summed E-state index contributed by atoms with van der Waals surface area (Å²) in [6.07, 6.45) is 10.2. The van der Waals surface area contributed by atoms with E-state index in [4.69, 9.17) is 10.00 Å². The molecule has 0 radical (unpaired) electrons. The van der Waals surface area contributed by atoms with Gasteiger partial charge in [-0.1, -0.05) is 12.1 Å². The molecule has 0 bridgehead atoms. The van der Waals surface area contributed by atoms with E-state index in [0.29, 0.717) is 22.8 Å². The molecule has 1 heterocycles. The molecule has 0 spiro atoms. The Morgan fingerprint density at radius 1 is 1.07 bits per heavy atom. The summed E-state index contributed by atoms with van der Waals surface area (Å²) < 4.78 is 29.3. The Hall–Kier alpha value is -1.29. The second kappa shape index (κ2) is 9.77. The predicted molar refractivity (Wildman–Crippen MR) is 108 cm³/mol. The van der Waals surface area contributed by atoms with Gasteiger partial charge in [0.2, 0.25) is 0 Å². The lowest BCUT2D eigenvalue weighted by molar-refractivity contribution is -0.00469. The van der Waals surface area contributed by atoms with Crippen LogP contribution in [0.25, 0.3) is 0 Å². The minimum atomic E-state index is -3.12. The van der Waals surface area contributed by atoms with Gasteiger partial charge in [-0.05, 0) is 68.1 Å². The van der Waals surface area contributed by atoms with E-state index in [1.807, 2.05) is 17.0 Å². The molecule has 1 aromatic carbocycles. The fourth-order valence-electron chi connectivity index (χ4n) is 4.02. The zero-order valence-corrected chi connectivity index (χ0v) is 17.5. The van der Waals surface area contributed by atoms with Crippen molar-refractivity contribution in [2.75, 3.05) is 26.0 Å². The lowest BCUT2D eigenvalue weighted by Gasteiger charge is -2.32. The summed E-state index contributed by atoms with van der Waals surface area (Å²) in [7, 11) is -3.12. The van der Waals surface area contributed by atoms with Gasteiger partial charge in [-0.25, -0.2) is 8.42 Å². The number of halogens is 1. The Morgan fingerprint density at radius 3 is 2.19 bits per heavy atom. The number of ether oxygens (including phenoxy) is 1. The third kappa shape index (κ3) is 6.10. The van der Waals surface area contributed by atoms with E-state index in [9.17, 15) is 8.42 Å². The third-order valence-corrected chi connectivity index (χ3v) is 6.91. The van der Waals surface area contributed by atoms with Gasteiger partial charge in [0.1, 0.15) is 0 Å². The topological polar surface area (TPSA) is 70.4 Å². The van der Waals surface area contributed by atoms with Crippen molar-refractivity contribution in [2.24, 2.45) is 5.92 Å². The van der Waals surface area contributed by atoms with E-state index in [1.54, 1.807) is 12.1 Å². The van der Waals surface area contributed by atoms with Gasteiger partial charge in [0, 0.05) is 26.0 Å². The maximum Gasteiger partial charge on any atom is 0.179 e. The molecule has 1 saturated heterocycles. The van der Waals surface area contributed by atoms with Gasteiger partial charge in [0.15, 0.2) is 16.0 Å². The zero-order chi connectivity index (χ0) is 18.6. The standard InChI is InChI=1S/C20H28N2O3S.ClH/c1-26(23,24)20-8-4-18(5-9-20)17-2-6-19(7-3-17)25-14-16-10-12-22(15-21)13-11-16;/h4-5,8-9,16-17,19H,2-3,6-7,10-14H2,1H3;1H. The van der Waals surface area contributed by atoms with Crippen LogP contribution in [-0.4, -0.2) is 45.4 Å². The van der Waals surface area contributed by atoms with Crippen molar-refractivity contribution in [2.45, 2.75) is 55.4 Å². The molecule has 5 nitrogen and oxygen atoms in total. The number of hydrogen-bond donors (Lipinski definition) is 0. The van der Waals surface area contributed by atoms with Crippen LogP contribution in [0.15, 0.2) is 29.2 Å². The smallest absolute Gasteiger partial charge is 0.179 e. The lowest BCUT2D eigenvalue weighted by Crippen LogP contribution is -2.33. The molecule has 0 N–H and O–H groups in total. The van der Waals surface area contributed by atoms with Crippen LogP contribution in [-0.2, 0) is 14.6 Å². The monoisotopic (exact) mass is 412 g/mol. The second-order valence-electron chi connectivity index (χ2n) is 7.68. The molecule has 1 aromatic rings. The molecule has 0 aromatic heterocycles. The highest BCUT2D eigenvalue weighted by Gasteiger charge is 2.25. The van der Waals surface area contributed by atoms with Crippen molar-refractivity contribution in [3.05, 3.63) is 29.8 Å². The van der Waals surface area contributed by atoms with E-state index in [2.05, 4.69) is 6.19 Å². The van der Waals surface area contributed by atoms with E-state index in [0.717, 1.165) is 58.2 Å². The summed E-state index contributed by atoms with van der Waals surface area (Å²) in [5.41, 5.74) is 1.24. The third-order valence-electron chi connectivity index (χ3n) is 5.78. The van der Waals surface area contributed by atoms with Crippen molar-refractivity contribution >= 4 is 22.2 Å². The Morgan fingerprint density at radius 2 is 1.67 bits per heavy atom. The number of sulfone groups is 1. The number of piperidine rings is 1. The fraction of sp³-hybridized carbons (Fsp3) is 0.650. The maximum atomic E-state index is 11.6. The summed E-state index contributed by atoms with van der Waals surface area (Å²) >= 11 is 0. The van der Waals surface area contributed by atoms with E-state index < -0.39 is 9.84 Å². The molecule has 0 amide bonds. The van der Waals surface area contributed by atoms with Gasteiger partial charge in [0.05, 0.1) is 11.0 Å². The van der Waals surface area contributed by atoms with Gasteiger partial charge >= 0.3 is 0 Å². The highest BCUT2D eigenvalue weighted by atomic mass is 35.5. The van der Waals surface area contributed by atoms with Crippen LogP contribution < -0.4 is 0 Å². The Bertz CT molecular complexity index is 729. The van der Waals surface area contributed by atoms with Gasteiger partial charge < -0.3 is 9.64 Å². The number of nitrogens with zero attached hydrogens (tertiary/aromatic N) is 2. The van der Waals surface area contributed by atoms with Crippen LogP contribution in [0.5, 0.6) is 0 Å². The summed E-state index contributed by atoms with van der Waals surface area (Å²) in [6, 6.07) is 7.37. The van der Waals surface area contributed by atoms with Gasteiger partial charge in [-0.15, -0.1) is 12.4 Å². The minimum absolute atomic E-state index is 0. The molecular weight excluding hydrogens is 384 g/mol. The summed E-state index contributed by atoms with van der Waals surface area (Å²) in [5.74, 6) is 1.09. The van der Waals surface area contributed by atoms with Crippen LogP contribution in [0.2, 0.25) is 0 Å². The van der Waals surface area contributed by atoms with Crippen LogP contribution in [0.3, 0.4) is 0 Å². The van der Waals surface area contributed by atoms with Crippen molar-refractivity contribution in [3.63, 3.8) is 0 Å². The quantitative estimate of drug-likeness (QED) is 0.689. The highest BCUT2D eigenvalue weighted by molar-refractivity contribution is 7.90. The van der Waals surface area contributed by atoms with Gasteiger partial charge in [0.25, 0.3) is 0 Å². The number of hydrogen-bond acceptors (Lipinski definition) is 5. The Labute approximate surface area is 169 Å². The van der Waals surface area contributed by atoms with Crippen molar-refractivity contribution < 1.29 is 13.2 Å². The first-order valence-electron chi connectivity index (χ1n) is 9.52. The fourth-order valence-corrected chi connectivity index (χ4v) is 4.65. The Balaban J connectivity index is 0.00000261. The van der Waals surface area contributed by atoms with Crippen molar-refractivity contribution in [3.8, 4) is 6.19 Å². The first-order valence-corrected chi connectivity index (χ1v) is 11.4. The highest BCUT2D eigenvalue weighted by Crippen LogP contribution is 2.34. The summed E-state index contributed by atoms with van der Waals surface area (Å²) in [5, 5.41) is 8.90. The normalized spacial score (nSPS) is 24.1. The number of nitriles is 1. The largest absolute Gasteiger partial charge is 0.378 e. The molecular formula is C20H29ClN2O3S. The molecule has 1 aliphatic carbocycles. The molecule has 2 fully saturated rings. The second-order valence-corrected chi connectivity index (χ2v) is 9.69. The number of rotatable bonds is 5. The first kappa shape index (κ1) is 22.0. The van der Waals surface area contributed by atoms with Gasteiger partial charge in [-0.3, -0.25) is 0 Å². The molecule has 150 valence electrons. The molecule has 0 atom stereocenters. The molecule has 0 unspecified atom stereocenters. The predicted octanol–water partition coefficient (Wildman–Crippen LogP) is 3.75. The molecule has 1 aliphatic heterocycles. The van der Waals surface area contributed by atoms with Crippen molar-refractivity contribution in [1.82, 2.24) is 4.90 Å². The number of likely N-dealkylation sites (tertiary alicyclic amines) is 1. The first-order chi connectivity index (χ1) is 12.5. The summed E-state index contributed by atoms with van der Waals surface area (Å²) in [4.78, 5) is 2.22. The van der Waals surface area contributed by atoms with Crippen LogP contribution in [0.1, 0.15) is 50.0 Å². The lowest BCUT2D eigenvalue weighted by atomic mass is 9.83. The van der Waals surface area contributed by atoms with E-state index in [-0.39, 0.29) is 12.4 Å². The maximum absolute atomic E-state index is 11.6. The molecule has 7 heteroatoms. The zero-order valence-electron chi connectivity index (χ0n) is 15.8. The Kier molecular flexibility index (Phi) is 7.96. The molecule has 1 saturated carbocycles. The average molecular weight is 413 g/mol. The average Bonchev–Trinajstić information content (AvgIpc) is 2.66. The minimum Gasteiger partial charge on any atom is -0.378 e. The van der Waals surface area contributed by atoms with E-state index >= 15 is 0 Å². The SMILES string of the molecule is CS(=O)(=O)c1ccc(C2CCC(OCC3CCN(C#N)CC3)CC2)cc1.Cl. The molecule has 3 rings (SSSR count). The van der Waals surface area contributed by atoms with Crippen LogP contribution >= 0.6 is 12.4 Å². The van der Waals surface area contributed by atoms with Crippen LogP contribution in [0.4, 0.5) is 0 Å². The van der Waals surface area contributed by atoms with Gasteiger partial charge in [-0.2, -0.15) is 5.26 Å². The molecule has 2 aliphatic rings. The van der Waals surface area contributed by atoms with Crippen LogP contribution in [0, 0.1) is 17.4 Å². The van der Waals surface area contributed by atoms with E-state index in [1.165, 1.54) is 11.8 Å². The summed E-state index contributed by atoms with van der Waals surface area (Å²) in [6.45, 7) is 2.54. The number of benzene rings is 1.